The number of aliphatic hydroxyl groups excluding tert-OH is 1. The van der Waals surface area contributed by atoms with Crippen molar-refractivity contribution in [3.63, 3.8) is 0 Å². The summed E-state index contributed by atoms with van der Waals surface area (Å²) in [4.78, 5) is 16.9. The molecule has 0 fully saturated rings. The molecule has 0 aliphatic rings. The highest BCUT2D eigenvalue weighted by molar-refractivity contribution is 7.17. The number of aromatic nitrogens is 2. The molecule has 2 rings (SSSR count). The summed E-state index contributed by atoms with van der Waals surface area (Å²) in [5.74, 6) is 0.267. The third-order valence-electron chi connectivity index (χ3n) is 1.84. The van der Waals surface area contributed by atoms with Gasteiger partial charge in [0.25, 0.3) is 5.91 Å². The van der Waals surface area contributed by atoms with Crippen LogP contribution in [0.3, 0.4) is 0 Å². The molecule has 0 aromatic carbocycles. The molecule has 5 nitrogen and oxygen atoms in total. The normalized spacial score (nSPS) is 10.7. The lowest BCUT2D eigenvalue weighted by atomic mass is 10.5. The van der Waals surface area contributed by atoms with Crippen LogP contribution in [0.5, 0.6) is 0 Å². The van der Waals surface area contributed by atoms with Gasteiger partial charge in [0.1, 0.15) is 23.6 Å². The number of hydrogen-bond donors (Lipinski definition) is 2. The van der Waals surface area contributed by atoms with Crippen LogP contribution >= 0.6 is 11.3 Å². The van der Waals surface area contributed by atoms with Crippen molar-refractivity contribution < 1.29 is 9.90 Å². The van der Waals surface area contributed by atoms with Crippen LogP contribution in [0.15, 0.2) is 12.5 Å². The predicted molar refractivity (Wildman–Crippen MR) is 53.5 cm³/mol. The molecule has 2 N–H and O–H groups in total. The maximum atomic E-state index is 11.0. The third kappa shape index (κ3) is 1.38. The SMILES string of the molecule is Cc1sc2cncn2c1NC(=O)CO. The van der Waals surface area contributed by atoms with Gasteiger partial charge < -0.3 is 10.4 Å². The van der Waals surface area contributed by atoms with E-state index in [1.807, 2.05) is 6.92 Å². The quantitative estimate of drug-likeness (QED) is 0.765. The van der Waals surface area contributed by atoms with Crippen molar-refractivity contribution in [2.45, 2.75) is 6.92 Å². The van der Waals surface area contributed by atoms with Gasteiger partial charge in [-0.3, -0.25) is 9.20 Å². The minimum atomic E-state index is -0.508. The molecule has 2 aromatic heterocycles. The van der Waals surface area contributed by atoms with Crippen LogP contribution in [0, 0.1) is 6.92 Å². The number of amides is 1. The van der Waals surface area contributed by atoms with Gasteiger partial charge in [-0.15, -0.1) is 11.3 Å². The summed E-state index contributed by atoms with van der Waals surface area (Å²) in [6.45, 7) is 1.40. The topological polar surface area (TPSA) is 66.6 Å². The zero-order valence-electron chi connectivity index (χ0n) is 7.52. The summed E-state index contributed by atoms with van der Waals surface area (Å²) in [6, 6.07) is 0. The predicted octanol–water partition coefficient (Wildman–Crippen LogP) is 0.635. The van der Waals surface area contributed by atoms with E-state index in [1.165, 1.54) is 0 Å². The molecule has 0 spiro atoms. The van der Waals surface area contributed by atoms with Gasteiger partial charge in [0, 0.05) is 4.88 Å². The van der Waals surface area contributed by atoms with Crippen LogP contribution in [0.25, 0.3) is 4.83 Å². The number of aliphatic hydroxyl groups is 1. The van der Waals surface area contributed by atoms with Crippen LogP contribution in [-0.4, -0.2) is 27.0 Å². The largest absolute Gasteiger partial charge is 0.387 e. The zero-order chi connectivity index (χ0) is 10.1. The Hall–Kier alpha value is -1.40. The highest BCUT2D eigenvalue weighted by atomic mass is 32.1. The Morgan fingerprint density at radius 1 is 1.79 bits per heavy atom. The Labute approximate surface area is 84.0 Å². The van der Waals surface area contributed by atoms with E-state index in [0.29, 0.717) is 5.82 Å². The van der Waals surface area contributed by atoms with E-state index < -0.39 is 12.5 Å². The lowest BCUT2D eigenvalue weighted by Gasteiger charge is -2.02. The molecule has 0 saturated carbocycles. The molecule has 0 unspecified atom stereocenters. The maximum absolute atomic E-state index is 11.0. The van der Waals surface area contributed by atoms with E-state index in [-0.39, 0.29) is 0 Å². The standard InChI is InChI=1S/C8H9N3O2S/c1-5-8(10-6(13)3-12)11-4-9-2-7(11)14-5/h2,4,12H,3H2,1H3,(H,10,13). The van der Waals surface area contributed by atoms with Crippen molar-refractivity contribution in [2.75, 3.05) is 11.9 Å². The van der Waals surface area contributed by atoms with Crippen LogP contribution in [-0.2, 0) is 4.79 Å². The summed E-state index contributed by atoms with van der Waals surface area (Å²) in [6.07, 6.45) is 3.36. The summed E-state index contributed by atoms with van der Waals surface area (Å²) in [7, 11) is 0. The molecule has 2 heterocycles. The molecule has 2 aromatic rings. The van der Waals surface area contributed by atoms with Gasteiger partial charge in [0.2, 0.25) is 0 Å². The monoisotopic (exact) mass is 211 g/mol. The minimum absolute atomic E-state index is 0.415. The van der Waals surface area contributed by atoms with E-state index in [9.17, 15) is 4.79 Å². The first-order valence-electron chi connectivity index (χ1n) is 4.04. The average Bonchev–Trinajstić information content (AvgIpc) is 2.70. The van der Waals surface area contributed by atoms with Crippen molar-refractivity contribution in [1.82, 2.24) is 9.38 Å². The minimum Gasteiger partial charge on any atom is -0.387 e. The van der Waals surface area contributed by atoms with E-state index >= 15 is 0 Å². The number of nitrogens with one attached hydrogen (secondary N) is 1. The van der Waals surface area contributed by atoms with E-state index in [4.69, 9.17) is 5.11 Å². The first kappa shape index (κ1) is 9.17. The molecule has 6 heteroatoms. The first-order chi connectivity index (χ1) is 6.72. The Bertz CT molecular complexity index is 474. The second-order valence-electron chi connectivity index (χ2n) is 2.82. The number of thiazole rings is 1. The van der Waals surface area contributed by atoms with E-state index in [1.54, 1.807) is 28.3 Å². The lowest BCUT2D eigenvalue weighted by molar-refractivity contribution is -0.118. The Balaban J connectivity index is 2.43. The number of nitrogens with zero attached hydrogens (tertiary/aromatic N) is 2. The van der Waals surface area contributed by atoms with Gasteiger partial charge in [0.05, 0.1) is 6.20 Å². The Kier molecular flexibility index (Phi) is 2.22. The van der Waals surface area contributed by atoms with Crippen molar-refractivity contribution in [2.24, 2.45) is 0 Å². The van der Waals surface area contributed by atoms with Gasteiger partial charge >= 0.3 is 0 Å². The van der Waals surface area contributed by atoms with E-state index in [0.717, 1.165) is 9.71 Å². The average molecular weight is 211 g/mol. The fraction of sp³-hybridized carbons (Fsp3) is 0.250. The smallest absolute Gasteiger partial charge is 0.251 e. The fourth-order valence-corrected chi connectivity index (χ4v) is 2.13. The van der Waals surface area contributed by atoms with Crippen molar-refractivity contribution in [1.29, 1.82) is 0 Å². The van der Waals surface area contributed by atoms with Crippen LogP contribution in [0.4, 0.5) is 5.82 Å². The summed E-state index contributed by atoms with van der Waals surface area (Å²) >= 11 is 1.54. The summed E-state index contributed by atoms with van der Waals surface area (Å²) < 4.78 is 1.79. The molecular weight excluding hydrogens is 202 g/mol. The lowest BCUT2D eigenvalue weighted by Crippen LogP contribution is -2.17. The van der Waals surface area contributed by atoms with Crippen LogP contribution < -0.4 is 5.32 Å². The van der Waals surface area contributed by atoms with Gasteiger partial charge in [-0.2, -0.15) is 0 Å². The number of rotatable bonds is 2. The van der Waals surface area contributed by atoms with Crippen LogP contribution in [0.1, 0.15) is 4.88 Å². The molecule has 0 bridgehead atoms. The van der Waals surface area contributed by atoms with Gasteiger partial charge in [-0.05, 0) is 6.92 Å². The number of fused-ring (bicyclic) bond motifs is 1. The highest BCUT2D eigenvalue weighted by Crippen LogP contribution is 2.26. The Morgan fingerprint density at radius 2 is 2.57 bits per heavy atom. The van der Waals surface area contributed by atoms with Gasteiger partial charge in [-0.1, -0.05) is 0 Å². The molecular formula is C8H9N3O2S. The number of hydrogen-bond acceptors (Lipinski definition) is 4. The second kappa shape index (κ2) is 3.39. The zero-order valence-corrected chi connectivity index (χ0v) is 8.34. The molecule has 0 aliphatic heterocycles. The summed E-state index contributed by atoms with van der Waals surface area (Å²) in [5, 5.41) is 11.2. The van der Waals surface area contributed by atoms with Crippen molar-refractivity contribution in [3.05, 3.63) is 17.4 Å². The molecule has 0 aliphatic carbocycles. The third-order valence-corrected chi connectivity index (χ3v) is 2.85. The molecule has 0 atom stereocenters. The number of carbonyl (C=O) groups excluding carboxylic acids is 1. The maximum Gasteiger partial charge on any atom is 0.251 e. The fourth-order valence-electron chi connectivity index (χ4n) is 1.22. The molecule has 1 amide bonds. The second-order valence-corrected chi connectivity index (χ2v) is 4.05. The number of aryl methyl sites for hydroxylation is 1. The van der Waals surface area contributed by atoms with Crippen molar-refractivity contribution >= 4 is 27.9 Å². The molecule has 74 valence electrons. The van der Waals surface area contributed by atoms with Gasteiger partial charge in [-0.25, -0.2) is 4.98 Å². The number of carbonyl (C=O) groups is 1. The number of anilines is 1. The molecule has 14 heavy (non-hydrogen) atoms. The number of imidazole rings is 1. The first-order valence-corrected chi connectivity index (χ1v) is 4.86. The van der Waals surface area contributed by atoms with Gasteiger partial charge in [0.15, 0.2) is 0 Å². The summed E-state index contributed by atoms with van der Waals surface area (Å²) in [5.41, 5.74) is 0. The van der Waals surface area contributed by atoms with Crippen molar-refractivity contribution in [3.8, 4) is 0 Å². The highest BCUT2D eigenvalue weighted by Gasteiger charge is 2.10. The van der Waals surface area contributed by atoms with Crippen LogP contribution in [0.2, 0.25) is 0 Å². The molecule has 0 radical (unpaired) electrons. The molecule has 0 saturated heterocycles. The Morgan fingerprint density at radius 3 is 3.29 bits per heavy atom. The van der Waals surface area contributed by atoms with E-state index in [2.05, 4.69) is 10.3 Å².